The van der Waals surface area contributed by atoms with Crippen molar-refractivity contribution in [1.29, 1.82) is 0 Å². The molecule has 0 unspecified atom stereocenters. The van der Waals surface area contributed by atoms with Crippen LogP contribution in [-0.2, 0) is 4.74 Å². The Hall–Kier alpha value is -3.52. The molecule has 1 aliphatic rings. The molecule has 1 saturated carbocycles. The fourth-order valence-electron chi connectivity index (χ4n) is 4.85. The fourth-order valence-corrected chi connectivity index (χ4v) is 4.85. The molecule has 1 fully saturated rings. The number of aromatic nitrogens is 1. The number of fused-ring (bicyclic) bond motifs is 1. The molecule has 0 spiro atoms. The quantitative estimate of drug-likeness (QED) is 0.548. The van der Waals surface area contributed by atoms with Crippen molar-refractivity contribution in [3.8, 4) is 28.4 Å². The summed E-state index contributed by atoms with van der Waals surface area (Å²) in [5.41, 5.74) is 1.08. The molecular weight excluding hydrogens is 438 g/mol. The van der Waals surface area contributed by atoms with Gasteiger partial charge in [-0.2, -0.15) is 0 Å². The molecular formula is C26H29NO7. The zero-order chi connectivity index (χ0) is 24.4. The highest BCUT2D eigenvalue weighted by Gasteiger charge is 2.31. The van der Waals surface area contributed by atoms with Crippen LogP contribution in [0.25, 0.3) is 21.9 Å². The Morgan fingerprint density at radius 2 is 1.50 bits per heavy atom. The molecule has 0 radical (unpaired) electrons. The first-order valence-electron chi connectivity index (χ1n) is 11.2. The van der Waals surface area contributed by atoms with E-state index in [1.807, 2.05) is 12.1 Å². The molecule has 0 aliphatic heterocycles. The molecule has 2 aromatic carbocycles. The molecule has 1 N–H and O–H groups in total. The van der Waals surface area contributed by atoms with E-state index in [9.17, 15) is 14.7 Å². The van der Waals surface area contributed by atoms with Crippen molar-refractivity contribution in [3.63, 3.8) is 0 Å². The SMILES string of the molecule is COC(=O)c1c(-c2cc(OC)c(OC)c(OC)c2)c2ccccc2c(=O)n1C1CCC(O)CC1. The van der Waals surface area contributed by atoms with Crippen LogP contribution in [-0.4, -0.2) is 50.2 Å². The summed E-state index contributed by atoms with van der Waals surface area (Å²) < 4.78 is 23.3. The molecule has 8 nitrogen and oxygen atoms in total. The van der Waals surface area contributed by atoms with Crippen molar-refractivity contribution in [3.05, 3.63) is 52.4 Å². The molecule has 180 valence electrons. The summed E-state index contributed by atoms with van der Waals surface area (Å²) >= 11 is 0. The standard InChI is InChI=1S/C26H29NO7/c1-31-20-13-15(14-21(32-2)24(20)33-3)22-18-7-5-6-8-19(18)25(29)27(23(22)26(30)34-4)16-9-11-17(28)12-10-16/h5-8,13-14,16-17,28H,9-12H2,1-4H3. The van der Waals surface area contributed by atoms with Crippen molar-refractivity contribution in [1.82, 2.24) is 4.57 Å². The van der Waals surface area contributed by atoms with Crippen molar-refractivity contribution < 1.29 is 28.8 Å². The lowest BCUT2D eigenvalue weighted by Gasteiger charge is -2.30. The zero-order valence-corrected chi connectivity index (χ0v) is 19.8. The van der Waals surface area contributed by atoms with Gasteiger partial charge < -0.3 is 24.1 Å². The molecule has 1 aromatic heterocycles. The third kappa shape index (κ3) is 3.98. The van der Waals surface area contributed by atoms with E-state index in [1.54, 1.807) is 28.8 Å². The van der Waals surface area contributed by atoms with Crippen molar-refractivity contribution in [2.75, 3.05) is 28.4 Å². The molecule has 0 saturated heterocycles. The number of nitrogens with zero attached hydrogens (tertiary/aromatic N) is 1. The predicted molar refractivity (Wildman–Crippen MR) is 128 cm³/mol. The highest BCUT2D eigenvalue weighted by Crippen LogP contribution is 2.44. The van der Waals surface area contributed by atoms with Gasteiger partial charge >= 0.3 is 5.97 Å². The Balaban J connectivity index is 2.12. The normalized spacial score (nSPS) is 17.9. The van der Waals surface area contributed by atoms with Gasteiger partial charge in [0, 0.05) is 17.0 Å². The largest absolute Gasteiger partial charge is 0.493 e. The number of carbonyl (C=O) groups excluding carboxylic acids is 1. The first-order chi connectivity index (χ1) is 16.4. The molecule has 34 heavy (non-hydrogen) atoms. The first-order valence-corrected chi connectivity index (χ1v) is 11.2. The van der Waals surface area contributed by atoms with Crippen LogP contribution >= 0.6 is 0 Å². The van der Waals surface area contributed by atoms with Gasteiger partial charge in [0.1, 0.15) is 5.69 Å². The highest BCUT2D eigenvalue weighted by molar-refractivity contribution is 6.07. The number of benzene rings is 2. The Kier molecular flexibility index (Phi) is 6.79. The van der Waals surface area contributed by atoms with Gasteiger partial charge in [-0.05, 0) is 54.8 Å². The predicted octanol–water partition coefficient (Wildman–Crippen LogP) is 3.96. The highest BCUT2D eigenvalue weighted by atomic mass is 16.5. The maximum absolute atomic E-state index is 13.7. The molecule has 0 amide bonds. The lowest BCUT2D eigenvalue weighted by Crippen LogP contribution is -2.34. The van der Waals surface area contributed by atoms with Crippen LogP contribution in [0, 0.1) is 0 Å². The van der Waals surface area contributed by atoms with Crippen molar-refractivity contribution >= 4 is 16.7 Å². The maximum Gasteiger partial charge on any atom is 0.355 e. The molecule has 1 heterocycles. The molecule has 3 aromatic rings. The van der Waals surface area contributed by atoms with Gasteiger partial charge in [-0.15, -0.1) is 0 Å². The Bertz CT molecular complexity index is 1250. The minimum Gasteiger partial charge on any atom is -0.493 e. The van der Waals surface area contributed by atoms with Gasteiger partial charge in [0.25, 0.3) is 5.56 Å². The van der Waals surface area contributed by atoms with E-state index in [4.69, 9.17) is 18.9 Å². The number of esters is 1. The lowest BCUT2D eigenvalue weighted by atomic mass is 9.90. The smallest absolute Gasteiger partial charge is 0.355 e. The van der Waals surface area contributed by atoms with Crippen LogP contribution < -0.4 is 19.8 Å². The molecule has 8 heteroatoms. The number of carbonyl (C=O) groups is 1. The topological polar surface area (TPSA) is 96.2 Å². The van der Waals surface area contributed by atoms with E-state index < -0.39 is 12.1 Å². The molecule has 4 rings (SSSR count). The van der Waals surface area contributed by atoms with E-state index in [2.05, 4.69) is 0 Å². The second-order valence-corrected chi connectivity index (χ2v) is 8.31. The Morgan fingerprint density at radius 1 is 0.912 bits per heavy atom. The third-order valence-corrected chi connectivity index (χ3v) is 6.49. The fraction of sp³-hybridized carbons (Fsp3) is 0.385. The third-order valence-electron chi connectivity index (χ3n) is 6.49. The average molecular weight is 468 g/mol. The number of aliphatic hydroxyl groups excluding tert-OH is 1. The first kappa shape index (κ1) is 23.6. The Labute approximate surface area is 197 Å². The minimum absolute atomic E-state index is 0.168. The number of rotatable bonds is 6. The summed E-state index contributed by atoms with van der Waals surface area (Å²) in [4.78, 5) is 26.9. The van der Waals surface area contributed by atoms with E-state index in [1.165, 1.54) is 28.4 Å². The van der Waals surface area contributed by atoms with Crippen LogP contribution in [0.15, 0.2) is 41.2 Å². The number of hydrogen-bond donors (Lipinski definition) is 1. The average Bonchev–Trinajstić information content (AvgIpc) is 2.87. The second kappa shape index (κ2) is 9.77. The van der Waals surface area contributed by atoms with Gasteiger partial charge in [0.15, 0.2) is 11.5 Å². The zero-order valence-electron chi connectivity index (χ0n) is 19.8. The maximum atomic E-state index is 13.7. The van der Waals surface area contributed by atoms with Gasteiger partial charge in [0.05, 0.1) is 34.5 Å². The summed E-state index contributed by atoms with van der Waals surface area (Å²) in [5, 5.41) is 11.1. The van der Waals surface area contributed by atoms with Crippen LogP contribution in [0.4, 0.5) is 0 Å². The number of methoxy groups -OCH3 is 4. The van der Waals surface area contributed by atoms with E-state index in [-0.39, 0.29) is 17.3 Å². The van der Waals surface area contributed by atoms with Gasteiger partial charge in [-0.1, -0.05) is 18.2 Å². The van der Waals surface area contributed by atoms with Crippen LogP contribution in [0.3, 0.4) is 0 Å². The lowest BCUT2D eigenvalue weighted by molar-refractivity contribution is 0.0578. The van der Waals surface area contributed by atoms with Gasteiger partial charge in [0.2, 0.25) is 5.75 Å². The summed E-state index contributed by atoms with van der Waals surface area (Å²) in [5.74, 6) is 0.663. The van der Waals surface area contributed by atoms with E-state index in [0.29, 0.717) is 64.8 Å². The monoisotopic (exact) mass is 467 g/mol. The van der Waals surface area contributed by atoms with Crippen LogP contribution in [0.5, 0.6) is 17.2 Å². The molecule has 1 aliphatic carbocycles. The number of aliphatic hydroxyl groups is 1. The minimum atomic E-state index is -0.613. The Morgan fingerprint density at radius 3 is 2.03 bits per heavy atom. The van der Waals surface area contributed by atoms with Crippen molar-refractivity contribution in [2.24, 2.45) is 0 Å². The van der Waals surface area contributed by atoms with Crippen LogP contribution in [0.1, 0.15) is 42.2 Å². The second-order valence-electron chi connectivity index (χ2n) is 8.31. The summed E-state index contributed by atoms with van der Waals surface area (Å²) in [7, 11) is 5.87. The summed E-state index contributed by atoms with van der Waals surface area (Å²) in [6.45, 7) is 0. The van der Waals surface area contributed by atoms with E-state index in [0.717, 1.165) is 0 Å². The number of ether oxygens (including phenoxy) is 4. The van der Waals surface area contributed by atoms with E-state index >= 15 is 0 Å². The summed E-state index contributed by atoms with van der Waals surface area (Å²) in [6.07, 6.45) is 1.88. The molecule has 0 atom stereocenters. The van der Waals surface area contributed by atoms with Crippen LogP contribution in [0.2, 0.25) is 0 Å². The van der Waals surface area contributed by atoms with Gasteiger partial charge in [-0.25, -0.2) is 4.79 Å². The summed E-state index contributed by atoms with van der Waals surface area (Å²) in [6, 6.07) is 10.5. The molecule has 0 bridgehead atoms. The number of pyridine rings is 1. The van der Waals surface area contributed by atoms with Crippen molar-refractivity contribution in [2.45, 2.75) is 37.8 Å². The van der Waals surface area contributed by atoms with Gasteiger partial charge in [-0.3, -0.25) is 9.36 Å². The number of hydrogen-bond acceptors (Lipinski definition) is 7.